The summed E-state index contributed by atoms with van der Waals surface area (Å²) in [5.74, 6) is -1.14. The van der Waals surface area contributed by atoms with Crippen LogP contribution in [0.25, 0.3) is 0 Å². The van der Waals surface area contributed by atoms with Crippen LogP contribution in [0.2, 0.25) is 0 Å². The zero-order valence-electron chi connectivity index (χ0n) is 14.4. The first kappa shape index (κ1) is 18.3. The Balaban J connectivity index is 2.17. The minimum absolute atomic E-state index is 0.0172. The maximum Gasteiger partial charge on any atom is 0.312 e. The first-order valence-corrected chi connectivity index (χ1v) is 7.76. The zero-order chi connectivity index (χ0) is 18.4. The second-order valence-electron chi connectivity index (χ2n) is 5.52. The fourth-order valence-electron chi connectivity index (χ4n) is 2.55. The lowest BCUT2D eigenvalue weighted by Crippen LogP contribution is -2.31. The number of hydrogen-bond donors (Lipinski definition) is 2. The molecule has 0 heterocycles. The maximum atomic E-state index is 12.4. The van der Waals surface area contributed by atoms with Crippen LogP contribution in [0.4, 0.5) is 0 Å². The summed E-state index contributed by atoms with van der Waals surface area (Å²) >= 11 is 0. The zero-order valence-corrected chi connectivity index (χ0v) is 14.4. The van der Waals surface area contributed by atoms with Gasteiger partial charge in [-0.25, -0.2) is 0 Å². The van der Waals surface area contributed by atoms with E-state index in [4.69, 9.17) is 9.47 Å². The van der Waals surface area contributed by atoms with Gasteiger partial charge in [-0.05, 0) is 24.6 Å². The molecule has 0 radical (unpaired) electrons. The number of ether oxygens (including phenoxy) is 2. The number of carbonyl (C=O) groups is 2. The van der Waals surface area contributed by atoms with Crippen LogP contribution in [-0.2, 0) is 4.79 Å². The molecule has 1 unspecified atom stereocenters. The summed E-state index contributed by atoms with van der Waals surface area (Å²) in [6.07, 6.45) is 0. The van der Waals surface area contributed by atoms with Gasteiger partial charge in [0.2, 0.25) is 0 Å². The van der Waals surface area contributed by atoms with Crippen molar-refractivity contribution < 1.29 is 24.2 Å². The molecule has 0 saturated heterocycles. The van der Waals surface area contributed by atoms with Crippen molar-refractivity contribution in [2.45, 2.75) is 12.8 Å². The summed E-state index contributed by atoms with van der Waals surface area (Å²) in [6.45, 7) is 1.81. The molecule has 0 aliphatic carbocycles. The van der Waals surface area contributed by atoms with Crippen LogP contribution < -0.4 is 14.8 Å². The molecule has 0 saturated carbocycles. The molecule has 6 nitrogen and oxygen atoms in total. The number of carboxylic acids is 1. The lowest BCUT2D eigenvalue weighted by Gasteiger charge is -2.15. The van der Waals surface area contributed by atoms with Crippen molar-refractivity contribution in [1.29, 1.82) is 0 Å². The summed E-state index contributed by atoms with van der Waals surface area (Å²) in [5.41, 5.74) is 1.76. The van der Waals surface area contributed by atoms with Gasteiger partial charge in [0.05, 0.1) is 20.1 Å². The molecule has 0 fully saturated rings. The van der Waals surface area contributed by atoms with Crippen molar-refractivity contribution in [3.05, 3.63) is 59.2 Å². The second-order valence-corrected chi connectivity index (χ2v) is 5.52. The number of hydrogen-bond acceptors (Lipinski definition) is 4. The van der Waals surface area contributed by atoms with Gasteiger partial charge in [0.15, 0.2) is 0 Å². The van der Waals surface area contributed by atoms with Crippen molar-refractivity contribution in [3.63, 3.8) is 0 Å². The van der Waals surface area contributed by atoms with E-state index in [0.29, 0.717) is 22.6 Å². The van der Waals surface area contributed by atoms with Crippen LogP contribution in [0.5, 0.6) is 11.5 Å². The van der Waals surface area contributed by atoms with E-state index in [0.717, 1.165) is 5.56 Å². The largest absolute Gasteiger partial charge is 0.496 e. The van der Waals surface area contributed by atoms with Crippen molar-refractivity contribution in [1.82, 2.24) is 5.32 Å². The Labute approximate surface area is 146 Å². The molecule has 0 aliphatic heterocycles. The fourth-order valence-corrected chi connectivity index (χ4v) is 2.55. The Morgan fingerprint density at radius 1 is 1.08 bits per heavy atom. The second kappa shape index (κ2) is 8.19. The molecule has 0 spiro atoms. The van der Waals surface area contributed by atoms with Crippen LogP contribution in [0, 0.1) is 6.92 Å². The van der Waals surface area contributed by atoms with E-state index in [2.05, 4.69) is 5.32 Å². The fraction of sp³-hybridized carbons (Fsp3) is 0.263. The Kier molecular flexibility index (Phi) is 6.00. The molecule has 1 atom stereocenters. The predicted molar refractivity (Wildman–Crippen MR) is 93.4 cm³/mol. The Hall–Kier alpha value is -3.02. The van der Waals surface area contributed by atoms with Crippen molar-refractivity contribution >= 4 is 11.9 Å². The van der Waals surface area contributed by atoms with E-state index in [1.807, 2.05) is 13.0 Å². The molecule has 2 aromatic rings. The van der Waals surface area contributed by atoms with Crippen LogP contribution in [0.3, 0.4) is 0 Å². The standard InChI is InChI=1S/C19H21NO5/c1-12-16(24-2)9-14(10-17(12)25-3)18(21)20-11-15(19(22)23)13-7-5-4-6-8-13/h4-10,15H,11H2,1-3H3,(H,20,21)(H,22,23). The van der Waals surface area contributed by atoms with E-state index in [1.54, 1.807) is 36.4 Å². The van der Waals surface area contributed by atoms with Crippen LogP contribution in [-0.4, -0.2) is 37.7 Å². The van der Waals surface area contributed by atoms with Gasteiger partial charge in [0.25, 0.3) is 5.91 Å². The highest BCUT2D eigenvalue weighted by Gasteiger charge is 2.21. The van der Waals surface area contributed by atoms with Gasteiger partial charge < -0.3 is 19.9 Å². The third-order valence-corrected chi connectivity index (χ3v) is 3.98. The number of methoxy groups -OCH3 is 2. The van der Waals surface area contributed by atoms with Gasteiger partial charge in [-0.2, -0.15) is 0 Å². The van der Waals surface area contributed by atoms with E-state index < -0.39 is 17.8 Å². The van der Waals surface area contributed by atoms with Crippen molar-refractivity contribution in [2.75, 3.05) is 20.8 Å². The van der Waals surface area contributed by atoms with Crippen molar-refractivity contribution in [3.8, 4) is 11.5 Å². The topological polar surface area (TPSA) is 84.9 Å². The molecule has 132 valence electrons. The number of amides is 1. The maximum absolute atomic E-state index is 12.4. The van der Waals surface area contributed by atoms with E-state index in [1.165, 1.54) is 14.2 Å². The van der Waals surface area contributed by atoms with Gasteiger partial charge in [0.1, 0.15) is 11.5 Å². The SMILES string of the molecule is COc1cc(C(=O)NCC(C(=O)O)c2ccccc2)cc(OC)c1C. The lowest BCUT2D eigenvalue weighted by molar-refractivity contribution is -0.138. The Bertz CT molecular complexity index is 733. The van der Waals surface area contributed by atoms with E-state index in [-0.39, 0.29) is 6.54 Å². The highest BCUT2D eigenvalue weighted by atomic mass is 16.5. The average molecular weight is 343 g/mol. The molecular weight excluding hydrogens is 322 g/mol. The molecule has 0 aliphatic rings. The third-order valence-electron chi connectivity index (χ3n) is 3.98. The molecule has 0 aromatic heterocycles. The van der Waals surface area contributed by atoms with Crippen LogP contribution >= 0.6 is 0 Å². The van der Waals surface area contributed by atoms with Crippen LogP contribution in [0.1, 0.15) is 27.4 Å². The number of aliphatic carboxylic acids is 1. The predicted octanol–water partition coefficient (Wildman–Crippen LogP) is 2.61. The highest BCUT2D eigenvalue weighted by molar-refractivity contribution is 5.95. The number of benzene rings is 2. The smallest absolute Gasteiger partial charge is 0.312 e. The van der Waals surface area contributed by atoms with Gasteiger partial charge in [0, 0.05) is 17.7 Å². The van der Waals surface area contributed by atoms with Gasteiger partial charge in [-0.1, -0.05) is 30.3 Å². The number of carboxylic acid groups (broad SMARTS) is 1. The normalized spacial score (nSPS) is 11.5. The molecule has 1 amide bonds. The average Bonchev–Trinajstić information content (AvgIpc) is 2.62. The number of carbonyl (C=O) groups excluding carboxylic acids is 1. The number of nitrogens with one attached hydrogen (secondary N) is 1. The Morgan fingerprint density at radius 3 is 2.12 bits per heavy atom. The van der Waals surface area contributed by atoms with Gasteiger partial charge in [-0.15, -0.1) is 0 Å². The minimum atomic E-state index is -0.995. The first-order chi connectivity index (χ1) is 12.0. The molecule has 0 bridgehead atoms. The molecular formula is C19H21NO5. The molecule has 2 rings (SSSR count). The monoisotopic (exact) mass is 343 g/mol. The summed E-state index contributed by atoms with van der Waals surface area (Å²) in [4.78, 5) is 23.9. The molecule has 6 heteroatoms. The van der Waals surface area contributed by atoms with Crippen LogP contribution in [0.15, 0.2) is 42.5 Å². The van der Waals surface area contributed by atoms with Crippen molar-refractivity contribution in [2.24, 2.45) is 0 Å². The molecule has 2 aromatic carbocycles. The highest BCUT2D eigenvalue weighted by Crippen LogP contribution is 2.29. The first-order valence-electron chi connectivity index (χ1n) is 7.76. The molecule has 25 heavy (non-hydrogen) atoms. The summed E-state index contributed by atoms with van der Waals surface area (Å²) < 4.78 is 10.5. The minimum Gasteiger partial charge on any atom is -0.496 e. The van der Waals surface area contributed by atoms with Gasteiger partial charge in [-0.3, -0.25) is 9.59 Å². The van der Waals surface area contributed by atoms with Gasteiger partial charge >= 0.3 is 5.97 Å². The lowest BCUT2D eigenvalue weighted by atomic mass is 9.99. The van der Waals surface area contributed by atoms with E-state index in [9.17, 15) is 14.7 Å². The Morgan fingerprint density at radius 2 is 1.64 bits per heavy atom. The summed E-state index contributed by atoms with van der Waals surface area (Å²) in [7, 11) is 3.03. The quantitative estimate of drug-likeness (QED) is 0.807. The number of rotatable bonds is 7. The molecule has 2 N–H and O–H groups in total. The summed E-state index contributed by atoms with van der Waals surface area (Å²) in [5, 5.41) is 12.1. The third kappa shape index (κ3) is 4.29. The summed E-state index contributed by atoms with van der Waals surface area (Å²) in [6, 6.07) is 12.0. The van der Waals surface area contributed by atoms with E-state index >= 15 is 0 Å².